The number of aryl methyl sites for hydroxylation is 1. The molecule has 1 nitrogen and oxygen atoms in total. The summed E-state index contributed by atoms with van der Waals surface area (Å²) in [5, 5.41) is 3.70. The number of hydrogen-bond acceptors (Lipinski definition) is 1. The molecule has 21 heavy (non-hydrogen) atoms. The summed E-state index contributed by atoms with van der Waals surface area (Å²) in [6.45, 7) is 7.01. The zero-order chi connectivity index (χ0) is 14.9. The second-order valence-electron chi connectivity index (χ2n) is 7.09. The van der Waals surface area contributed by atoms with Gasteiger partial charge in [-0.15, -0.1) is 0 Å². The fraction of sp³-hybridized carbons (Fsp3) is 0.700. The van der Waals surface area contributed by atoms with Crippen molar-refractivity contribution in [3.8, 4) is 0 Å². The summed E-state index contributed by atoms with van der Waals surface area (Å²) in [5.41, 5.74) is 3.19. The van der Waals surface area contributed by atoms with Gasteiger partial charge in [0.1, 0.15) is 0 Å². The van der Waals surface area contributed by atoms with Gasteiger partial charge in [0.05, 0.1) is 0 Å². The highest BCUT2D eigenvalue weighted by Crippen LogP contribution is 2.30. The molecule has 0 fully saturated rings. The smallest absolute Gasteiger partial charge is 0.00202 e. The number of fused-ring (bicyclic) bond motifs is 1. The third kappa shape index (κ3) is 5.82. The summed E-state index contributed by atoms with van der Waals surface area (Å²) in [6, 6.07) is 9.04. The van der Waals surface area contributed by atoms with Gasteiger partial charge in [-0.3, -0.25) is 0 Å². The predicted octanol–water partition coefficient (Wildman–Crippen LogP) is 5.30. The molecular formula is C20H33N. The number of benzene rings is 1. The van der Waals surface area contributed by atoms with E-state index < -0.39 is 0 Å². The molecule has 0 bridgehead atoms. The van der Waals surface area contributed by atoms with Crippen molar-refractivity contribution in [1.82, 2.24) is 5.32 Å². The fourth-order valence-corrected chi connectivity index (χ4v) is 3.50. The summed E-state index contributed by atoms with van der Waals surface area (Å²) in [6.07, 6.45) is 10.9. The largest absolute Gasteiger partial charge is 0.316 e. The first-order chi connectivity index (χ1) is 10.3. The van der Waals surface area contributed by atoms with Crippen molar-refractivity contribution in [3.63, 3.8) is 0 Å². The van der Waals surface area contributed by atoms with Crippen LogP contribution in [0, 0.1) is 5.92 Å². The van der Waals surface area contributed by atoms with Gasteiger partial charge in [0.25, 0.3) is 0 Å². The van der Waals surface area contributed by atoms with Gasteiger partial charge in [-0.05, 0) is 55.2 Å². The van der Waals surface area contributed by atoms with E-state index >= 15 is 0 Å². The third-order valence-corrected chi connectivity index (χ3v) is 4.77. The van der Waals surface area contributed by atoms with E-state index in [-0.39, 0.29) is 0 Å². The Bertz CT molecular complexity index is 397. The molecule has 0 saturated heterocycles. The van der Waals surface area contributed by atoms with Crippen molar-refractivity contribution in [2.24, 2.45) is 5.92 Å². The van der Waals surface area contributed by atoms with Gasteiger partial charge >= 0.3 is 0 Å². The van der Waals surface area contributed by atoms with Crippen molar-refractivity contribution in [2.45, 2.75) is 71.1 Å². The van der Waals surface area contributed by atoms with E-state index in [4.69, 9.17) is 0 Å². The molecule has 0 aromatic heterocycles. The maximum absolute atomic E-state index is 3.70. The van der Waals surface area contributed by atoms with Crippen LogP contribution in [0.3, 0.4) is 0 Å². The average molecular weight is 287 g/mol. The van der Waals surface area contributed by atoms with Gasteiger partial charge < -0.3 is 5.32 Å². The molecule has 2 rings (SSSR count). The van der Waals surface area contributed by atoms with Crippen molar-refractivity contribution in [1.29, 1.82) is 0 Å². The lowest BCUT2D eigenvalue weighted by atomic mass is 9.83. The van der Waals surface area contributed by atoms with E-state index in [2.05, 4.69) is 43.4 Å². The topological polar surface area (TPSA) is 12.0 Å². The number of rotatable bonds is 9. The Balaban J connectivity index is 1.58. The summed E-state index contributed by atoms with van der Waals surface area (Å²) in [4.78, 5) is 0. The van der Waals surface area contributed by atoms with Crippen LogP contribution in [-0.4, -0.2) is 13.1 Å². The molecule has 1 atom stereocenters. The molecule has 1 N–H and O–H groups in total. The monoisotopic (exact) mass is 287 g/mol. The van der Waals surface area contributed by atoms with Gasteiger partial charge in [0, 0.05) is 6.54 Å². The second kappa shape index (κ2) is 9.25. The van der Waals surface area contributed by atoms with E-state index in [1.165, 1.54) is 64.5 Å². The highest BCUT2D eigenvalue weighted by Gasteiger charge is 2.18. The maximum Gasteiger partial charge on any atom is 0.00202 e. The minimum absolute atomic E-state index is 0.746. The van der Waals surface area contributed by atoms with Crippen LogP contribution in [0.25, 0.3) is 0 Å². The summed E-state index contributed by atoms with van der Waals surface area (Å²) in [7, 11) is 0. The molecule has 0 aliphatic heterocycles. The molecule has 1 aromatic carbocycles. The standard InChI is InChI=1S/C20H33N/c1-17(2)10-5-3-4-8-15-21-16-19-13-9-12-18-11-6-7-14-20(18)19/h6-7,11,14,17,19,21H,3-5,8-10,12-13,15-16H2,1-2H3. The van der Waals surface area contributed by atoms with Gasteiger partial charge in [-0.25, -0.2) is 0 Å². The Hall–Kier alpha value is -0.820. The van der Waals surface area contributed by atoms with Crippen molar-refractivity contribution < 1.29 is 0 Å². The first-order valence-corrected chi connectivity index (χ1v) is 9.06. The van der Waals surface area contributed by atoms with Crippen molar-refractivity contribution in [3.05, 3.63) is 35.4 Å². The molecule has 1 unspecified atom stereocenters. The minimum atomic E-state index is 0.746. The van der Waals surface area contributed by atoms with E-state index in [0.29, 0.717) is 0 Å². The summed E-state index contributed by atoms with van der Waals surface area (Å²) in [5.74, 6) is 1.62. The lowest BCUT2D eigenvalue weighted by molar-refractivity contribution is 0.485. The third-order valence-electron chi connectivity index (χ3n) is 4.77. The van der Waals surface area contributed by atoms with E-state index in [1.807, 2.05) is 0 Å². The lowest BCUT2D eigenvalue weighted by Gasteiger charge is -2.25. The van der Waals surface area contributed by atoms with E-state index in [9.17, 15) is 0 Å². The van der Waals surface area contributed by atoms with Crippen LogP contribution in [0.5, 0.6) is 0 Å². The molecule has 1 aliphatic carbocycles. The number of hydrogen-bond donors (Lipinski definition) is 1. The molecule has 0 radical (unpaired) electrons. The van der Waals surface area contributed by atoms with Crippen LogP contribution in [0.15, 0.2) is 24.3 Å². The summed E-state index contributed by atoms with van der Waals surface area (Å²) >= 11 is 0. The molecule has 1 aromatic rings. The predicted molar refractivity (Wildman–Crippen MR) is 92.9 cm³/mol. The summed E-state index contributed by atoms with van der Waals surface area (Å²) < 4.78 is 0. The first-order valence-electron chi connectivity index (χ1n) is 9.06. The SMILES string of the molecule is CC(C)CCCCCCNCC1CCCc2ccccc21. The molecule has 118 valence electrons. The Kier molecular flexibility index (Phi) is 7.29. The molecule has 1 heteroatoms. The Labute approximate surface area is 131 Å². The van der Waals surface area contributed by atoms with E-state index in [0.717, 1.165) is 11.8 Å². The van der Waals surface area contributed by atoms with Crippen molar-refractivity contribution in [2.75, 3.05) is 13.1 Å². The molecule has 1 aliphatic rings. The molecule has 0 heterocycles. The van der Waals surface area contributed by atoms with Crippen LogP contribution >= 0.6 is 0 Å². The average Bonchev–Trinajstić information content (AvgIpc) is 2.50. The normalized spacial score (nSPS) is 18.0. The van der Waals surface area contributed by atoms with Gasteiger partial charge in [-0.1, -0.05) is 63.8 Å². The molecule has 0 saturated carbocycles. The Morgan fingerprint density at radius 1 is 1.10 bits per heavy atom. The van der Waals surface area contributed by atoms with Gasteiger partial charge in [0.2, 0.25) is 0 Å². The van der Waals surface area contributed by atoms with Crippen LogP contribution in [-0.2, 0) is 6.42 Å². The fourth-order valence-electron chi connectivity index (χ4n) is 3.50. The highest BCUT2D eigenvalue weighted by molar-refractivity contribution is 5.32. The molecule has 0 amide bonds. The molecule has 0 spiro atoms. The highest BCUT2D eigenvalue weighted by atomic mass is 14.9. The zero-order valence-corrected chi connectivity index (χ0v) is 14.0. The van der Waals surface area contributed by atoms with Crippen molar-refractivity contribution >= 4 is 0 Å². The van der Waals surface area contributed by atoms with Crippen LogP contribution in [0.4, 0.5) is 0 Å². The number of nitrogens with one attached hydrogen (secondary N) is 1. The first kappa shape index (κ1) is 16.5. The zero-order valence-electron chi connectivity index (χ0n) is 14.0. The Morgan fingerprint density at radius 2 is 1.90 bits per heavy atom. The molecular weight excluding hydrogens is 254 g/mol. The second-order valence-corrected chi connectivity index (χ2v) is 7.09. The lowest BCUT2D eigenvalue weighted by Crippen LogP contribution is -2.25. The van der Waals surface area contributed by atoms with Gasteiger partial charge in [-0.2, -0.15) is 0 Å². The Morgan fingerprint density at radius 3 is 2.76 bits per heavy atom. The van der Waals surface area contributed by atoms with Crippen LogP contribution in [0.1, 0.15) is 75.8 Å². The minimum Gasteiger partial charge on any atom is -0.316 e. The van der Waals surface area contributed by atoms with Crippen LogP contribution in [0.2, 0.25) is 0 Å². The maximum atomic E-state index is 3.70. The van der Waals surface area contributed by atoms with Crippen LogP contribution < -0.4 is 5.32 Å². The van der Waals surface area contributed by atoms with Gasteiger partial charge in [0.15, 0.2) is 0 Å². The van der Waals surface area contributed by atoms with E-state index in [1.54, 1.807) is 11.1 Å². The number of unbranched alkanes of at least 4 members (excludes halogenated alkanes) is 3. The quantitative estimate of drug-likeness (QED) is 0.607.